The van der Waals surface area contributed by atoms with Gasteiger partial charge >= 0.3 is 12.1 Å². The Morgan fingerprint density at radius 1 is 1.10 bits per heavy atom. The van der Waals surface area contributed by atoms with Crippen molar-refractivity contribution in [2.75, 3.05) is 7.11 Å². The minimum absolute atomic E-state index is 0.111. The number of imidazole rings is 1. The fraction of sp³-hybridized carbons (Fsp3) is 0.290. The van der Waals surface area contributed by atoms with Gasteiger partial charge in [0.15, 0.2) is 5.88 Å². The number of carboxylic acid groups (broad SMARTS) is 1. The highest BCUT2D eigenvalue weighted by atomic mass is 16.5. The summed E-state index contributed by atoms with van der Waals surface area (Å²) in [5, 5.41) is 13.4. The highest BCUT2D eigenvalue weighted by Gasteiger charge is 2.27. The van der Waals surface area contributed by atoms with E-state index in [-0.39, 0.29) is 18.2 Å². The highest BCUT2D eigenvalue weighted by molar-refractivity contribution is 5.90. The molecule has 0 spiro atoms. The van der Waals surface area contributed by atoms with E-state index in [4.69, 9.17) is 19.4 Å². The van der Waals surface area contributed by atoms with Crippen LogP contribution in [0.3, 0.4) is 0 Å². The number of amides is 1. The maximum atomic E-state index is 12.5. The number of aromatic carboxylic acids is 1. The van der Waals surface area contributed by atoms with Gasteiger partial charge in [-0.3, -0.25) is 4.40 Å². The lowest BCUT2D eigenvalue weighted by Gasteiger charge is -2.15. The molecule has 0 unspecified atom stereocenters. The molecule has 1 aliphatic carbocycles. The number of fused-ring (bicyclic) bond motifs is 2. The van der Waals surface area contributed by atoms with E-state index in [1.54, 1.807) is 6.07 Å². The van der Waals surface area contributed by atoms with Crippen molar-refractivity contribution < 1.29 is 24.2 Å². The predicted octanol–water partition coefficient (Wildman–Crippen LogP) is 5.76. The van der Waals surface area contributed by atoms with Gasteiger partial charge in [0.2, 0.25) is 0 Å². The molecule has 0 saturated heterocycles. The van der Waals surface area contributed by atoms with Crippen LogP contribution >= 0.6 is 0 Å². The summed E-state index contributed by atoms with van der Waals surface area (Å²) in [7, 11) is 1.52. The quantitative estimate of drug-likeness (QED) is 0.238. The molecule has 4 aromatic heterocycles. The first-order chi connectivity index (χ1) is 19.8. The van der Waals surface area contributed by atoms with Crippen LogP contribution in [0.25, 0.3) is 28.1 Å². The van der Waals surface area contributed by atoms with Crippen LogP contribution in [0.4, 0.5) is 4.79 Å². The molecule has 10 nitrogen and oxygen atoms in total. The van der Waals surface area contributed by atoms with Crippen molar-refractivity contribution in [1.29, 1.82) is 0 Å². The molecule has 0 bridgehead atoms. The molecule has 210 valence electrons. The molecule has 1 fully saturated rings. The molecule has 1 aromatic carbocycles. The van der Waals surface area contributed by atoms with Gasteiger partial charge in [0.05, 0.1) is 35.8 Å². The summed E-state index contributed by atoms with van der Waals surface area (Å²) in [6, 6.07) is 18.2. The van der Waals surface area contributed by atoms with Gasteiger partial charge in [0.25, 0.3) is 0 Å². The van der Waals surface area contributed by atoms with Crippen molar-refractivity contribution in [2.45, 2.75) is 45.9 Å². The summed E-state index contributed by atoms with van der Waals surface area (Å²) in [6.07, 6.45) is 1.81. The molecular weight excluding hydrogens is 522 g/mol. The molecule has 5 aromatic rings. The normalized spacial score (nSPS) is 13.8. The maximum absolute atomic E-state index is 12.5. The summed E-state index contributed by atoms with van der Waals surface area (Å²) >= 11 is 0. The van der Waals surface area contributed by atoms with Crippen LogP contribution < -0.4 is 10.1 Å². The van der Waals surface area contributed by atoms with E-state index in [0.29, 0.717) is 17.4 Å². The van der Waals surface area contributed by atoms with E-state index < -0.39 is 12.1 Å². The summed E-state index contributed by atoms with van der Waals surface area (Å²) < 4.78 is 14.9. The molecule has 1 atom stereocenters. The number of carbonyl (C=O) groups is 2. The fourth-order valence-electron chi connectivity index (χ4n) is 5.13. The van der Waals surface area contributed by atoms with Gasteiger partial charge < -0.3 is 24.5 Å². The number of carbonyl (C=O) groups excluding carboxylic acids is 1. The second-order valence-corrected chi connectivity index (χ2v) is 10.5. The summed E-state index contributed by atoms with van der Waals surface area (Å²) in [6.45, 7) is 4.81. The number of rotatable bonds is 9. The fourth-order valence-corrected chi connectivity index (χ4v) is 5.13. The van der Waals surface area contributed by atoms with E-state index in [1.165, 1.54) is 13.2 Å². The largest absolute Gasteiger partial charge is 0.482 e. The number of alkyl carbamates (subject to hydrolysis) is 1. The second kappa shape index (κ2) is 10.6. The number of hydrogen-bond acceptors (Lipinski definition) is 6. The van der Waals surface area contributed by atoms with Crippen molar-refractivity contribution >= 4 is 28.7 Å². The lowest BCUT2D eigenvalue weighted by molar-refractivity contribution is 0.0696. The van der Waals surface area contributed by atoms with Crippen molar-refractivity contribution in [3.8, 4) is 17.3 Å². The zero-order valence-electron chi connectivity index (χ0n) is 23.1. The number of carboxylic acids is 1. The monoisotopic (exact) mass is 553 g/mol. The first kappa shape index (κ1) is 26.4. The molecule has 1 aliphatic rings. The zero-order valence-corrected chi connectivity index (χ0v) is 23.1. The van der Waals surface area contributed by atoms with E-state index in [9.17, 15) is 14.7 Å². The van der Waals surface area contributed by atoms with Crippen molar-refractivity contribution in [3.05, 3.63) is 83.2 Å². The SMILES string of the molecule is COc1cc(C(=O)O)cc2nc(-c3cc4ccc([C@@H](C)NC(=O)OCc5ccccc5)nc4n3CC3CC3)c(C)n12. The van der Waals surface area contributed by atoms with Crippen LogP contribution in [0.2, 0.25) is 0 Å². The number of aromatic nitrogens is 4. The third-order valence-corrected chi connectivity index (χ3v) is 7.51. The number of ether oxygens (including phenoxy) is 2. The summed E-state index contributed by atoms with van der Waals surface area (Å²) in [5.41, 5.74) is 5.53. The molecule has 10 heteroatoms. The van der Waals surface area contributed by atoms with Crippen molar-refractivity contribution in [1.82, 2.24) is 24.3 Å². The van der Waals surface area contributed by atoms with Gasteiger partial charge in [-0.2, -0.15) is 0 Å². The third-order valence-electron chi connectivity index (χ3n) is 7.51. The molecular formula is C31H31N5O5. The maximum Gasteiger partial charge on any atom is 0.407 e. The number of aryl methyl sites for hydroxylation is 1. The average molecular weight is 554 g/mol. The number of methoxy groups -OCH3 is 1. The average Bonchev–Trinajstić information content (AvgIpc) is 3.65. The standard InChI is InChI=1S/C31H31N5O5/c1-18(32-31(39)41-17-21-7-5-4-6-8-21)24-12-11-22-13-25(35(29(22)33-24)16-20-9-10-20)28-19(2)36-26(34-28)14-23(30(37)38)15-27(36)40-3/h4-8,11-15,18,20H,9-10,16-17H2,1-3H3,(H,32,39)(H,37,38)/t18-/m1/s1. The van der Waals surface area contributed by atoms with Crippen LogP contribution in [0, 0.1) is 12.8 Å². The molecule has 6 rings (SSSR count). The molecule has 0 aliphatic heterocycles. The van der Waals surface area contributed by atoms with Crippen molar-refractivity contribution in [3.63, 3.8) is 0 Å². The Morgan fingerprint density at radius 2 is 1.88 bits per heavy atom. The van der Waals surface area contributed by atoms with Gasteiger partial charge in [-0.1, -0.05) is 30.3 Å². The van der Waals surface area contributed by atoms with E-state index in [0.717, 1.165) is 58.8 Å². The molecule has 1 saturated carbocycles. The Balaban J connectivity index is 1.34. The van der Waals surface area contributed by atoms with E-state index >= 15 is 0 Å². The molecule has 4 heterocycles. The lowest BCUT2D eigenvalue weighted by Crippen LogP contribution is -2.27. The molecule has 41 heavy (non-hydrogen) atoms. The number of pyridine rings is 2. The second-order valence-electron chi connectivity index (χ2n) is 10.5. The Bertz CT molecular complexity index is 1770. The van der Waals surface area contributed by atoms with Crippen LogP contribution in [-0.2, 0) is 17.9 Å². The van der Waals surface area contributed by atoms with Crippen LogP contribution in [-0.4, -0.2) is 43.2 Å². The summed E-state index contributed by atoms with van der Waals surface area (Å²) in [4.78, 5) is 34.0. The van der Waals surface area contributed by atoms with Gasteiger partial charge in [-0.15, -0.1) is 0 Å². The Kier molecular flexibility index (Phi) is 6.82. The van der Waals surface area contributed by atoms with Crippen LogP contribution in [0.1, 0.15) is 53.1 Å². The van der Waals surface area contributed by atoms with E-state index in [2.05, 4.69) is 16.0 Å². The number of benzene rings is 1. The third kappa shape index (κ3) is 5.20. The minimum atomic E-state index is -1.04. The van der Waals surface area contributed by atoms with Gasteiger partial charge in [0, 0.05) is 18.0 Å². The minimum Gasteiger partial charge on any atom is -0.482 e. The smallest absolute Gasteiger partial charge is 0.407 e. The van der Waals surface area contributed by atoms with Gasteiger partial charge in [-0.25, -0.2) is 19.6 Å². The Hall–Kier alpha value is -4.86. The van der Waals surface area contributed by atoms with Gasteiger partial charge in [-0.05, 0) is 62.4 Å². The number of nitrogens with one attached hydrogen (secondary N) is 1. The Morgan fingerprint density at radius 3 is 2.59 bits per heavy atom. The van der Waals surface area contributed by atoms with Crippen molar-refractivity contribution in [2.24, 2.45) is 5.92 Å². The topological polar surface area (TPSA) is 120 Å². The number of hydrogen-bond donors (Lipinski definition) is 2. The molecule has 1 amide bonds. The highest BCUT2D eigenvalue weighted by Crippen LogP contribution is 2.37. The van der Waals surface area contributed by atoms with Gasteiger partial charge in [0.1, 0.15) is 23.6 Å². The zero-order chi connectivity index (χ0) is 28.7. The first-order valence-corrected chi connectivity index (χ1v) is 13.6. The van der Waals surface area contributed by atoms with Crippen LogP contribution in [0.5, 0.6) is 5.88 Å². The van der Waals surface area contributed by atoms with Crippen LogP contribution in [0.15, 0.2) is 60.7 Å². The van der Waals surface area contributed by atoms with E-state index in [1.807, 2.05) is 60.7 Å². The number of nitrogens with zero attached hydrogens (tertiary/aromatic N) is 4. The molecule has 0 radical (unpaired) electrons. The summed E-state index contributed by atoms with van der Waals surface area (Å²) in [5.74, 6) is -0.0801. The Labute approximate surface area is 236 Å². The first-order valence-electron chi connectivity index (χ1n) is 13.6. The molecule has 2 N–H and O–H groups in total. The lowest BCUT2D eigenvalue weighted by atomic mass is 10.2. The predicted molar refractivity (Wildman–Crippen MR) is 153 cm³/mol.